The van der Waals surface area contributed by atoms with E-state index in [2.05, 4.69) is 20.8 Å². The van der Waals surface area contributed by atoms with Gasteiger partial charge in [0, 0.05) is 0 Å². The van der Waals surface area contributed by atoms with E-state index in [-0.39, 0.29) is 5.97 Å². The van der Waals surface area contributed by atoms with Gasteiger partial charge in [-0.25, -0.2) is 0 Å². The summed E-state index contributed by atoms with van der Waals surface area (Å²) in [4.78, 5) is 12.3. The Bertz CT molecular complexity index is 359. The van der Waals surface area contributed by atoms with Crippen molar-refractivity contribution in [3.05, 3.63) is 35.9 Å². The van der Waals surface area contributed by atoms with E-state index in [1.807, 2.05) is 30.3 Å². The molecule has 0 aromatic heterocycles. The summed E-state index contributed by atoms with van der Waals surface area (Å²) in [6, 6.07) is 9.42. The molecule has 0 saturated carbocycles. The van der Waals surface area contributed by atoms with Gasteiger partial charge in [0.2, 0.25) is 0 Å². The second kappa shape index (κ2) is 8.62. The van der Waals surface area contributed by atoms with Gasteiger partial charge >= 0.3 is 122 Å². The SMILES string of the molecule is CC[CH2][Sn]([CH2]CC)([CH2]CC)[O]C(=O)c1ccccc1. The maximum absolute atomic E-state index is 12.3. The predicted octanol–water partition coefficient (Wildman–Crippen LogP) is 5.02. The van der Waals surface area contributed by atoms with Crippen molar-refractivity contribution in [3.8, 4) is 0 Å². The monoisotopic (exact) mass is 370 g/mol. The zero-order valence-corrected chi connectivity index (χ0v) is 15.3. The van der Waals surface area contributed by atoms with Crippen LogP contribution in [0.25, 0.3) is 0 Å². The molecule has 0 radical (unpaired) electrons. The summed E-state index contributed by atoms with van der Waals surface area (Å²) in [5.74, 6) is -0.0910. The first-order valence-electron chi connectivity index (χ1n) is 7.46. The van der Waals surface area contributed by atoms with Crippen LogP contribution in [-0.4, -0.2) is 24.8 Å². The quantitative estimate of drug-likeness (QED) is 0.602. The Hall–Kier alpha value is -0.511. The van der Waals surface area contributed by atoms with Crippen LogP contribution in [0.15, 0.2) is 30.3 Å². The van der Waals surface area contributed by atoms with E-state index >= 15 is 0 Å². The van der Waals surface area contributed by atoms with Gasteiger partial charge in [-0.1, -0.05) is 0 Å². The number of hydrogen-bond acceptors (Lipinski definition) is 2. The number of hydrogen-bond donors (Lipinski definition) is 0. The molecular weight excluding hydrogens is 343 g/mol. The molecule has 0 saturated heterocycles. The van der Waals surface area contributed by atoms with Gasteiger partial charge in [0.25, 0.3) is 0 Å². The topological polar surface area (TPSA) is 26.3 Å². The number of benzene rings is 1. The molecule has 0 fully saturated rings. The minimum atomic E-state index is -2.72. The van der Waals surface area contributed by atoms with E-state index in [1.54, 1.807) is 0 Å². The Labute approximate surface area is 122 Å². The van der Waals surface area contributed by atoms with Gasteiger partial charge < -0.3 is 0 Å². The standard InChI is InChI=1S/C7H6O2.3C3H7.Sn/c8-7(9)6-4-2-1-3-5-6;3*1-3-2;/h1-5H,(H,8,9);3*1,3H2,2H3;/q;;;;+1/p-1. The fraction of sp³-hybridized carbons (Fsp3) is 0.562. The number of rotatable bonds is 8. The predicted molar refractivity (Wildman–Crippen MR) is 82.9 cm³/mol. The fourth-order valence-corrected chi connectivity index (χ4v) is 15.0. The van der Waals surface area contributed by atoms with Crippen LogP contribution >= 0.6 is 0 Å². The summed E-state index contributed by atoms with van der Waals surface area (Å²) in [7, 11) is 0. The molecule has 1 aromatic carbocycles. The molecule has 1 rings (SSSR count). The second-order valence-corrected chi connectivity index (χ2v) is 16.8. The van der Waals surface area contributed by atoms with Crippen molar-refractivity contribution in [3.63, 3.8) is 0 Å². The minimum absolute atomic E-state index is 0.0910. The molecule has 1 aromatic rings. The molecular formula is C16H26O2Sn. The molecule has 0 spiro atoms. The average molecular weight is 369 g/mol. The third kappa shape index (κ3) is 5.17. The van der Waals surface area contributed by atoms with Crippen molar-refractivity contribution in [2.75, 3.05) is 0 Å². The summed E-state index contributed by atoms with van der Waals surface area (Å²) in [5, 5.41) is 0. The average Bonchev–Trinajstić information content (AvgIpc) is 2.40. The summed E-state index contributed by atoms with van der Waals surface area (Å²) in [6.07, 6.45) is 3.41. The Morgan fingerprint density at radius 2 is 1.42 bits per heavy atom. The first-order valence-corrected chi connectivity index (χ1v) is 14.7. The van der Waals surface area contributed by atoms with Crippen LogP contribution in [0.4, 0.5) is 0 Å². The molecule has 0 amide bonds. The molecule has 2 nitrogen and oxygen atoms in total. The Balaban J connectivity index is 2.83. The first kappa shape index (κ1) is 16.5. The number of carbonyl (C=O) groups is 1. The molecule has 106 valence electrons. The van der Waals surface area contributed by atoms with Crippen molar-refractivity contribution in [2.24, 2.45) is 0 Å². The van der Waals surface area contributed by atoms with Crippen LogP contribution in [0.3, 0.4) is 0 Å². The summed E-state index contributed by atoms with van der Waals surface area (Å²) in [6.45, 7) is 6.61. The van der Waals surface area contributed by atoms with Crippen molar-refractivity contribution < 1.29 is 7.87 Å². The Morgan fingerprint density at radius 3 is 1.84 bits per heavy atom. The zero-order chi connectivity index (χ0) is 14.1. The van der Waals surface area contributed by atoms with Gasteiger partial charge in [-0.15, -0.1) is 0 Å². The number of carbonyl (C=O) groups excluding carboxylic acids is 1. The van der Waals surface area contributed by atoms with E-state index in [0.717, 1.165) is 32.6 Å². The normalized spacial score (nSPS) is 11.3. The van der Waals surface area contributed by atoms with Crippen molar-refractivity contribution >= 4 is 24.8 Å². The van der Waals surface area contributed by atoms with Gasteiger partial charge in [0.1, 0.15) is 0 Å². The van der Waals surface area contributed by atoms with Crippen LogP contribution in [0.2, 0.25) is 13.3 Å². The van der Waals surface area contributed by atoms with E-state index in [1.165, 1.54) is 0 Å². The zero-order valence-electron chi connectivity index (χ0n) is 12.4. The van der Waals surface area contributed by atoms with Crippen molar-refractivity contribution in [1.29, 1.82) is 0 Å². The van der Waals surface area contributed by atoms with Gasteiger partial charge in [0.05, 0.1) is 0 Å². The van der Waals surface area contributed by atoms with Gasteiger partial charge in [-0.3, -0.25) is 0 Å². The Kier molecular flexibility index (Phi) is 7.50. The molecule has 0 unspecified atom stereocenters. The molecule has 0 heterocycles. The van der Waals surface area contributed by atoms with E-state index < -0.39 is 18.8 Å². The van der Waals surface area contributed by atoms with E-state index in [9.17, 15) is 4.79 Å². The summed E-state index contributed by atoms with van der Waals surface area (Å²) >= 11 is -2.72. The fourth-order valence-electron chi connectivity index (χ4n) is 2.72. The summed E-state index contributed by atoms with van der Waals surface area (Å²) in [5.41, 5.74) is 0.701. The van der Waals surface area contributed by atoms with Crippen molar-refractivity contribution in [1.82, 2.24) is 0 Å². The van der Waals surface area contributed by atoms with Crippen molar-refractivity contribution in [2.45, 2.75) is 53.3 Å². The summed E-state index contributed by atoms with van der Waals surface area (Å²) < 4.78 is 9.60. The van der Waals surface area contributed by atoms with E-state index in [4.69, 9.17) is 3.07 Å². The Morgan fingerprint density at radius 1 is 0.947 bits per heavy atom. The maximum atomic E-state index is 12.3. The van der Waals surface area contributed by atoms with Crippen LogP contribution < -0.4 is 0 Å². The molecule has 0 N–H and O–H groups in total. The molecule has 0 bridgehead atoms. The van der Waals surface area contributed by atoms with Crippen LogP contribution in [0.5, 0.6) is 0 Å². The molecule has 19 heavy (non-hydrogen) atoms. The van der Waals surface area contributed by atoms with Crippen LogP contribution in [0.1, 0.15) is 50.4 Å². The molecule has 0 aliphatic rings. The first-order chi connectivity index (χ1) is 9.17. The molecule has 0 aliphatic carbocycles. The van der Waals surface area contributed by atoms with Crippen LogP contribution in [-0.2, 0) is 3.07 Å². The second-order valence-electron chi connectivity index (χ2n) is 5.19. The van der Waals surface area contributed by atoms with E-state index in [0.29, 0.717) is 5.56 Å². The van der Waals surface area contributed by atoms with Crippen LogP contribution in [0, 0.1) is 0 Å². The third-order valence-electron chi connectivity index (χ3n) is 3.44. The molecule has 0 atom stereocenters. The van der Waals surface area contributed by atoms with Gasteiger partial charge in [-0.05, 0) is 0 Å². The van der Waals surface area contributed by atoms with Gasteiger partial charge in [-0.2, -0.15) is 0 Å². The third-order valence-corrected chi connectivity index (χ3v) is 17.3. The molecule has 0 aliphatic heterocycles. The van der Waals surface area contributed by atoms with Gasteiger partial charge in [0.15, 0.2) is 0 Å². The molecule has 3 heteroatoms.